The molecule has 0 unspecified atom stereocenters. The molecule has 7 heteroatoms. The summed E-state index contributed by atoms with van der Waals surface area (Å²) in [6.07, 6.45) is 0.786. The van der Waals surface area contributed by atoms with Crippen LogP contribution in [0.3, 0.4) is 0 Å². The van der Waals surface area contributed by atoms with Gasteiger partial charge in [0.15, 0.2) is 23.0 Å². The fraction of sp³-hybridized carbons (Fsp3) is 0.409. The number of hydrogen-bond donors (Lipinski definition) is 0. The Kier molecular flexibility index (Phi) is 6.30. The molecule has 0 bridgehead atoms. The number of ether oxygens (including phenoxy) is 6. The van der Waals surface area contributed by atoms with E-state index in [0.717, 1.165) is 23.1 Å². The summed E-state index contributed by atoms with van der Waals surface area (Å²) in [5.74, 6) is 1.27. The smallest absolute Gasteiger partial charge is 0.239 e. The highest BCUT2D eigenvalue weighted by Crippen LogP contribution is 2.40. The predicted molar refractivity (Wildman–Crippen MR) is 110 cm³/mol. The summed E-state index contributed by atoms with van der Waals surface area (Å²) in [7, 11) is 9.61. The zero-order valence-electron chi connectivity index (χ0n) is 17.7. The van der Waals surface area contributed by atoms with Crippen molar-refractivity contribution in [1.82, 2.24) is 0 Å². The number of benzene rings is 2. The van der Waals surface area contributed by atoms with Crippen LogP contribution < -0.4 is 18.9 Å². The van der Waals surface area contributed by atoms with Gasteiger partial charge in [-0.05, 0) is 42.3 Å². The first-order valence-electron chi connectivity index (χ1n) is 9.21. The molecule has 0 aromatic heterocycles. The van der Waals surface area contributed by atoms with E-state index in [1.807, 2.05) is 30.3 Å². The van der Waals surface area contributed by atoms with E-state index in [2.05, 4.69) is 0 Å². The zero-order chi connectivity index (χ0) is 21.0. The van der Waals surface area contributed by atoms with Crippen LogP contribution in [0.15, 0.2) is 35.3 Å². The first kappa shape index (κ1) is 21.0. The minimum atomic E-state index is -1.23. The Balaban J connectivity index is 2.20. The largest absolute Gasteiger partial charge is 0.493 e. The van der Waals surface area contributed by atoms with Gasteiger partial charge in [-0.1, -0.05) is 0 Å². The highest BCUT2D eigenvalue weighted by Gasteiger charge is 2.42. The second-order valence-electron chi connectivity index (χ2n) is 6.44. The van der Waals surface area contributed by atoms with Crippen LogP contribution in [0.5, 0.6) is 23.0 Å². The lowest BCUT2D eigenvalue weighted by Crippen LogP contribution is -2.42. The Morgan fingerprint density at radius 2 is 1.31 bits per heavy atom. The Bertz CT molecular complexity index is 904. The van der Waals surface area contributed by atoms with Gasteiger partial charge in [0.05, 0.1) is 28.4 Å². The van der Waals surface area contributed by atoms with E-state index in [1.165, 1.54) is 0 Å². The van der Waals surface area contributed by atoms with Crippen LogP contribution in [0.4, 0.5) is 0 Å². The Morgan fingerprint density at radius 1 is 0.724 bits per heavy atom. The number of hydrogen-bond acceptors (Lipinski definition) is 7. The van der Waals surface area contributed by atoms with Crippen LogP contribution >= 0.6 is 0 Å². The van der Waals surface area contributed by atoms with Gasteiger partial charge in [-0.2, -0.15) is 0 Å². The fourth-order valence-corrected chi connectivity index (χ4v) is 3.69. The van der Waals surface area contributed by atoms with Crippen LogP contribution in [0.2, 0.25) is 0 Å². The molecular formula is C22H27NO6. The van der Waals surface area contributed by atoms with E-state index in [4.69, 9.17) is 33.4 Å². The van der Waals surface area contributed by atoms with Gasteiger partial charge in [-0.25, -0.2) is 0 Å². The number of nitrogens with zero attached hydrogens (tertiary/aromatic N) is 1. The molecule has 1 aliphatic heterocycles. The minimum Gasteiger partial charge on any atom is -0.493 e. The Hall–Kier alpha value is -2.77. The van der Waals surface area contributed by atoms with Crippen molar-refractivity contribution < 1.29 is 28.4 Å². The molecule has 3 rings (SSSR count). The molecule has 2 aromatic rings. The molecule has 0 amide bonds. The van der Waals surface area contributed by atoms with E-state index >= 15 is 0 Å². The third-order valence-corrected chi connectivity index (χ3v) is 5.17. The lowest BCUT2D eigenvalue weighted by atomic mass is 9.88. The van der Waals surface area contributed by atoms with E-state index < -0.39 is 5.79 Å². The van der Waals surface area contributed by atoms with Gasteiger partial charge in [0.1, 0.15) is 5.71 Å². The summed E-state index contributed by atoms with van der Waals surface area (Å²) < 4.78 is 33.7. The quantitative estimate of drug-likeness (QED) is 0.633. The molecule has 0 spiro atoms. The molecular weight excluding hydrogens is 374 g/mol. The molecule has 0 atom stereocenters. The second kappa shape index (κ2) is 8.71. The Labute approximate surface area is 171 Å². The van der Waals surface area contributed by atoms with Crippen molar-refractivity contribution in [3.8, 4) is 23.0 Å². The number of methoxy groups -OCH3 is 6. The molecule has 1 aliphatic rings. The molecule has 0 aliphatic carbocycles. The monoisotopic (exact) mass is 401 g/mol. The topological polar surface area (TPSA) is 67.7 Å². The van der Waals surface area contributed by atoms with E-state index in [1.54, 1.807) is 42.7 Å². The molecule has 7 nitrogen and oxygen atoms in total. The van der Waals surface area contributed by atoms with Gasteiger partial charge in [0.25, 0.3) is 0 Å². The molecule has 2 aromatic carbocycles. The summed E-state index contributed by atoms with van der Waals surface area (Å²) in [6, 6.07) is 9.43. The molecule has 156 valence electrons. The summed E-state index contributed by atoms with van der Waals surface area (Å²) in [5.41, 5.74) is 3.39. The summed E-state index contributed by atoms with van der Waals surface area (Å²) in [6.45, 7) is 0.611. The molecule has 0 radical (unpaired) electrons. The lowest BCUT2D eigenvalue weighted by molar-refractivity contribution is -0.160. The maximum atomic E-state index is 5.95. The predicted octanol–water partition coefficient (Wildman–Crippen LogP) is 3.21. The van der Waals surface area contributed by atoms with Gasteiger partial charge in [0.2, 0.25) is 5.79 Å². The number of fused-ring (bicyclic) bond motifs is 1. The van der Waals surface area contributed by atoms with Gasteiger partial charge in [-0.3, -0.25) is 4.99 Å². The molecule has 0 fully saturated rings. The minimum absolute atomic E-state index is 0.576. The van der Waals surface area contributed by atoms with Gasteiger partial charge < -0.3 is 28.4 Å². The van der Waals surface area contributed by atoms with Crippen molar-refractivity contribution in [2.45, 2.75) is 12.2 Å². The van der Waals surface area contributed by atoms with Crippen LogP contribution in [0.25, 0.3) is 0 Å². The van der Waals surface area contributed by atoms with Crippen molar-refractivity contribution in [3.05, 3.63) is 47.0 Å². The number of rotatable bonds is 8. The SMILES string of the molecule is COc1ccc(C(OC)(OC)C2=NCCc3cc(OC)c(OC)cc32)cc1OC. The van der Waals surface area contributed by atoms with Crippen molar-refractivity contribution in [3.63, 3.8) is 0 Å². The van der Waals surface area contributed by atoms with Gasteiger partial charge in [0, 0.05) is 31.9 Å². The van der Waals surface area contributed by atoms with E-state index in [-0.39, 0.29) is 0 Å². The zero-order valence-corrected chi connectivity index (χ0v) is 17.7. The van der Waals surface area contributed by atoms with Crippen LogP contribution in [0, 0.1) is 0 Å². The fourth-order valence-electron chi connectivity index (χ4n) is 3.69. The highest BCUT2D eigenvalue weighted by molar-refractivity contribution is 6.08. The molecule has 1 heterocycles. The number of aliphatic imine (C=N–C) groups is 1. The van der Waals surface area contributed by atoms with Gasteiger partial charge in [-0.15, -0.1) is 0 Å². The third kappa shape index (κ3) is 3.52. The molecule has 0 saturated carbocycles. The average Bonchev–Trinajstić information content (AvgIpc) is 2.79. The highest BCUT2D eigenvalue weighted by atomic mass is 16.7. The van der Waals surface area contributed by atoms with Gasteiger partial charge >= 0.3 is 0 Å². The van der Waals surface area contributed by atoms with Crippen molar-refractivity contribution in [1.29, 1.82) is 0 Å². The summed E-state index contributed by atoms with van der Waals surface area (Å²) >= 11 is 0. The van der Waals surface area contributed by atoms with E-state index in [0.29, 0.717) is 35.3 Å². The van der Waals surface area contributed by atoms with E-state index in [9.17, 15) is 0 Å². The van der Waals surface area contributed by atoms with Crippen molar-refractivity contribution in [2.24, 2.45) is 4.99 Å². The Morgan fingerprint density at radius 3 is 1.90 bits per heavy atom. The normalized spacial score (nSPS) is 13.4. The lowest BCUT2D eigenvalue weighted by Gasteiger charge is -2.35. The maximum absolute atomic E-state index is 5.95. The summed E-state index contributed by atoms with van der Waals surface area (Å²) in [4.78, 5) is 4.79. The first-order chi connectivity index (χ1) is 14.1. The van der Waals surface area contributed by atoms with Crippen LogP contribution in [-0.2, 0) is 21.7 Å². The summed E-state index contributed by atoms with van der Waals surface area (Å²) in [5, 5.41) is 0. The van der Waals surface area contributed by atoms with Crippen LogP contribution in [0.1, 0.15) is 16.7 Å². The average molecular weight is 401 g/mol. The van der Waals surface area contributed by atoms with Crippen LogP contribution in [-0.4, -0.2) is 54.9 Å². The van der Waals surface area contributed by atoms with Crippen molar-refractivity contribution >= 4 is 5.71 Å². The second-order valence-corrected chi connectivity index (χ2v) is 6.44. The van der Waals surface area contributed by atoms with Crippen molar-refractivity contribution in [2.75, 3.05) is 49.2 Å². The third-order valence-electron chi connectivity index (χ3n) is 5.17. The molecule has 29 heavy (non-hydrogen) atoms. The standard InChI is InChI=1S/C22H27NO6/c1-24-17-8-7-15(12-19(17)26-3)22(28-5,29-6)21-16-13-20(27-4)18(25-2)11-14(16)9-10-23-21/h7-8,11-13H,9-10H2,1-6H3. The first-order valence-corrected chi connectivity index (χ1v) is 9.21. The molecule has 0 N–H and O–H groups in total. The molecule has 0 saturated heterocycles. The maximum Gasteiger partial charge on any atom is 0.239 e.